The number of nitrogens with one attached hydrogen (secondary N) is 1. The van der Waals surface area contributed by atoms with Crippen LogP contribution in [0.3, 0.4) is 0 Å². The summed E-state index contributed by atoms with van der Waals surface area (Å²) in [6, 6.07) is 0. The molecular formula is C10H18N4. The maximum atomic E-state index is 4.28. The van der Waals surface area contributed by atoms with Gasteiger partial charge in [0.25, 0.3) is 0 Å². The molecule has 4 nitrogen and oxygen atoms in total. The minimum atomic E-state index is 0.573. The van der Waals surface area contributed by atoms with Crippen molar-refractivity contribution < 1.29 is 0 Å². The standard InChI is InChI=1S/C10H18N4/c1-3-14-8(2)10(12-13-14)9-5-4-6-11-7-9/h9,11H,3-7H2,1-2H3. The Bertz CT molecular complexity index is 299. The fraction of sp³-hybridized carbons (Fsp3) is 0.800. The van der Waals surface area contributed by atoms with Crippen molar-refractivity contribution in [3.63, 3.8) is 0 Å². The van der Waals surface area contributed by atoms with Gasteiger partial charge in [-0.1, -0.05) is 5.21 Å². The lowest BCUT2D eigenvalue weighted by Gasteiger charge is -2.21. The predicted octanol–water partition coefficient (Wildman–Crippen LogP) is 1.07. The number of aromatic nitrogens is 3. The zero-order valence-corrected chi connectivity index (χ0v) is 8.95. The summed E-state index contributed by atoms with van der Waals surface area (Å²) < 4.78 is 1.98. The maximum Gasteiger partial charge on any atom is 0.0899 e. The molecular weight excluding hydrogens is 176 g/mol. The van der Waals surface area contributed by atoms with E-state index in [-0.39, 0.29) is 0 Å². The summed E-state index contributed by atoms with van der Waals surface area (Å²) in [5.74, 6) is 0.573. The third-order valence-electron chi connectivity index (χ3n) is 3.00. The molecule has 0 aromatic carbocycles. The summed E-state index contributed by atoms with van der Waals surface area (Å²) in [5, 5.41) is 11.8. The molecule has 1 atom stereocenters. The number of hydrogen-bond donors (Lipinski definition) is 1. The Labute approximate surface area is 84.7 Å². The molecule has 0 bridgehead atoms. The zero-order valence-electron chi connectivity index (χ0n) is 8.95. The highest BCUT2D eigenvalue weighted by molar-refractivity contribution is 5.14. The van der Waals surface area contributed by atoms with Gasteiger partial charge in [-0.15, -0.1) is 5.10 Å². The molecule has 0 aliphatic carbocycles. The van der Waals surface area contributed by atoms with Gasteiger partial charge in [0.2, 0.25) is 0 Å². The van der Waals surface area contributed by atoms with Crippen LogP contribution in [-0.4, -0.2) is 28.1 Å². The monoisotopic (exact) mass is 194 g/mol. The number of piperidine rings is 1. The largest absolute Gasteiger partial charge is 0.316 e. The van der Waals surface area contributed by atoms with E-state index >= 15 is 0 Å². The van der Waals surface area contributed by atoms with Gasteiger partial charge < -0.3 is 5.32 Å². The lowest BCUT2D eigenvalue weighted by molar-refractivity contribution is 0.453. The summed E-state index contributed by atoms with van der Waals surface area (Å²) in [6.07, 6.45) is 2.50. The summed E-state index contributed by atoms with van der Waals surface area (Å²) >= 11 is 0. The van der Waals surface area contributed by atoms with Crippen molar-refractivity contribution in [3.05, 3.63) is 11.4 Å². The normalized spacial score (nSPS) is 22.6. The van der Waals surface area contributed by atoms with Gasteiger partial charge >= 0.3 is 0 Å². The molecule has 2 heterocycles. The van der Waals surface area contributed by atoms with E-state index in [4.69, 9.17) is 0 Å². The molecule has 0 amide bonds. The van der Waals surface area contributed by atoms with E-state index in [2.05, 4.69) is 29.5 Å². The summed E-state index contributed by atoms with van der Waals surface area (Å²) in [6.45, 7) is 7.34. The van der Waals surface area contributed by atoms with Crippen molar-refractivity contribution in [2.24, 2.45) is 0 Å². The average molecular weight is 194 g/mol. The zero-order chi connectivity index (χ0) is 9.97. The summed E-state index contributed by atoms with van der Waals surface area (Å²) in [5.41, 5.74) is 2.43. The van der Waals surface area contributed by atoms with E-state index < -0.39 is 0 Å². The molecule has 78 valence electrons. The second kappa shape index (κ2) is 4.09. The van der Waals surface area contributed by atoms with Crippen molar-refractivity contribution in [1.29, 1.82) is 0 Å². The number of aryl methyl sites for hydroxylation is 1. The molecule has 1 aromatic heterocycles. The molecule has 1 saturated heterocycles. The predicted molar refractivity (Wildman–Crippen MR) is 55.3 cm³/mol. The molecule has 1 fully saturated rings. The number of hydrogen-bond acceptors (Lipinski definition) is 3. The third-order valence-corrected chi connectivity index (χ3v) is 3.00. The molecule has 1 aliphatic rings. The van der Waals surface area contributed by atoms with Gasteiger partial charge in [0, 0.05) is 19.0 Å². The quantitative estimate of drug-likeness (QED) is 0.766. The lowest BCUT2D eigenvalue weighted by atomic mass is 9.95. The van der Waals surface area contributed by atoms with Gasteiger partial charge in [0.15, 0.2) is 0 Å². The first-order chi connectivity index (χ1) is 6.83. The summed E-state index contributed by atoms with van der Waals surface area (Å²) in [4.78, 5) is 0. The highest BCUT2D eigenvalue weighted by atomic mass is 15.4. The van der Waals surface area contributed by atoms with Crippen molar-refractivity contribution >= 4 is 0 Å². The van der Waals surface area contributed by atoms with E-state index in [0.717, 1.165) is 19.6 Å². The third kappa shape index (κ3) is 1.66. The molecule has 1 unspecified atom stereocenters. The molecule has 4 heteroatoms. The summed E-state index contributed by atoms with van der Waals surface area (Å²) in [7, 11) is 0. The van der Waals surface area contributed by atoms with Crippen LogP contribution in [0, 0.1) is 6.92 Å². The molecule has 0 spiro atoms. The number of nitrogens with zero attached hydrogens (tertiary/aromatic N) is 3. The van der Waals surface area contributed by atoms with E-state index in [1.807, 2.05) is 4.68 Å². The molecule has 1 aromatic rings. The first kappa shape index (κ1) is 9.65. The second-order valence-electron chi connectivity index (χ2n) is 3.92. The minimum Gasteiger partial charge on any atom is -0.316 e. The minimum absolute atomic E-state index is 0.573. The van der Waals surface area contributed by atoms with Crippen LogP contribution in [0.15, 0.2) is 0 Å². The molecule has 14 heavy (non-hydrogen) atoms. The molecule has 2 rings (SSSR count). The topological polar surface area (TPSA) is 42.7 Å². The molecule has 1 N–H and O–H groups in total. The van der Waals surface area contributed by atoms with Crippen LogP contribution in [0.2, 0.25) is 0 Å². The first-order valence-corrected chi connectivity index (χ1v) is 5.43. The van der Waals surface area contributed by atoms with Crippen LogP contribution < -0.4 is 5.32 Å². The average Bonchev–Trinajstić information content (AvgIpc) is 2.61. The first-order valence-electron chi connectivity index (χ1n) is 5.43. The van der Waals surface area contributed by atoms with Gasteiger partial charge in [0.05, 0.1) is 11.4 Å². The van der Waals surface area contributed by atoms with Gasteiger partial charge in [-0.05, 0) is 33.2 Å². The Morgan fingerprint density at radius 1 is 1.57 bits per heavy atom. The van der Waals surface area contributed by atoms with Crippen LogP contribution in [0.1, 0.15) is 37.1 Å². The Morgan fingerprint density at radius 2 is 2.43 bits per heavy atom. The van der Waals surface area contributed by atoms with Gasteiger partial charge in [-0.2, -0.15) is 0 Å². The van der Waals surface area contributed by atoms with Crippen molar-refractivity contribution in [2.45, 2.75) is 39.2 Å². The molecule has 1 aliphatic heterocycles. The van der Waals surface area contributed by atoms with Crippen LogP contribution in [0.5, 0.6) is 0 Å². The highest BCUT2D eigenvalue weighted by Crippen LogP contribution is 2.23. The Kier molecular flexibility index (Phi) is 2.82. The van der Waals surface area contributed by atoms with Crippen LogP contribution in [-0.2, 0) is 6.54 Å². The van der Waals surface area contributed by atoms with E-state index in [0.29, 0.717) is 5.92 Å². The van der Waals surface area contributed by atoms with E-state index in [1.54, 1.807) is 0 Å². The SMILES string of the molecule is CCn1nnc(C2CCCNC2)c1C. The van der Waals surface area contributed by atoms with Crippen molar-refractivity contribution in [2.75, 3.05) is 13.1 Å². The van der Waals surface area contributed by atoms with E-state index in [1.165, 1.54) is 24.2 Å². The van der Waals surface area contributed by atoms with Gasteiger partial charge in [-0.3, -0.25) is 0 Å². The second-order valence-corrected chi connectivity index (χ2v) is 3.92. The van der Waals surface area contributed by atoms with Crippen LogP contribution in [0.4, 0.5) is 0 Å². The van der Waals surface area contributed by atoms with Crippen LogP contribution in [0.25, 0.3) is 0 Å². The van der Waals surface area contributed by atoms with Crippen LogP contribution >= 0.6 is 0 Å². The lowest BCUT2D eigenvalue weighted by Crippen LogP contribution is -2.29. The van der Waals surface area contributed by atoms with Gasteiger partial charge in [-0.25, -0.2) is 4.68 Å². The number of rotatable bonds is 2. The Hall–Kier alpha value is -0.900. The van der Waals surface area contributed by atoms with Gasteiger partial charge in [0.1, 0.15) is 0 Å². The Balaban J connectivity index is 2.18. The smallest absolute Gasteiger partial charge is 0.0899 e. The molecule has 0 radical (unpaired) electrons. The fourth-order valence-corrected chi connectivity index (χ4v) is 2.14. The van der Waals surface area contributed by atoms with Crippen molar-refractivity contribution in [3.8, 4) is 0 Å². The Morgan fingerprint density at radius 3 is 3.00 bits per heavy atom. The van der Waals surface area contributed by atoms with E-state index in [9.17, 15) is 0 Å². The molecule has 0 saturated carbocycles. The maximum absolute atomic E-state index is 4.28. The highest BCUT2D eigenvalue weighted by Gasteiger charge is 2.20. The fourth-order valence-electron chi connectivity index (χ4n) is 2.14. The van der Waals surface area contributed by atoms with Crippen molar-refractivity contribution in [1.82, 2.24) is 20.3 Å².